The summed E-state index contributed by atoms with van der Waals surface area (Å²) < 4.78 is 4.83. The second kappa shape index (κ2) is 6.19. The summed E-state index contributed by atoms with van der Waals surface area (Å²) in [5, 5.41) is 28.4. The molecule has 0 fully saturated rings. The van der Waals surface area contributed by atoms with E-state index in [-0.39, 0.29) is 11.4 Å². The summed E-state index contributed by atoms with van der Waals surface area (Å²) in [6.07, 6.45) is 2.38. The van der Waals surface area contributed by atoms with Crippen molar-refractivity contribution >= 4 is 24.0 Å². The van der Waals surface area contributed by atoms with Crippen LogP contribution in [-0.2, 0) is 0 Å². The minimum Gasteiger partial charge on any atom is -0.400 e. The van der Waals surface area contributed by atoms with Gasteiger partial charge in [-0.2, -0.15) is 10.2 Å². The molecule has 0 atom stereocenters. The molecule has 0 amide bonds. The predicted octanol–water partition coefficient (Wildman–Crippen LogP) is 2.55. The molecule has 0 radical (unpaired) electrons. The lowest BCUT2D eigenvalue weighted by Crippen LogP contribution is -1.93. The maximum atomic E-state index is 10.8. The molecular weight excluding hydrogens is 280 g/mol. The third-order valence-electron chi connectivity index (χ3n) is 2.37. The monoisotopic (exact) mass is 288 g/mol. The normalized spacial score (nSPS) is 11.2. The van der Waals surface area contributed by atoms with Crippen molar-refractivity contribution in [2.45, 2.75) is 0 Å². The van der Waals surface area contributed by atoms with Crippen LogP contribution in [0.25, 0.3) is 0 Å². The lowest BCUT2D eigenvalue weighted by atomic mass is 10.2. The Balaban J connectivity index is 2.10. The molecule has 0 saturated carbocycles. The highest BCUT2D eigenvalue weighted by molar-refractivity contribution is 5.85. The van der Waals surface area contributed by atoms with Gasteiger partial charge >= 0.3 is 5.88 Å². The van der Waals surface area contributed by atoms with Crippen LogP contribution >= 0.6 is 0 Å². The molecule has 1 aromatic heterocycles. The topological polar surface area (TPSA) is 124 Å². The van der Waals surface area contributed by atoms with E-state index in [9.17, 15) is 20.2 Å². The van der Waals surface area contributed by atoms with Gasteiger partial charge in [0.1, 0.15) is 4.92 Å². The lowest BCUT2D eigenvalue weighted by molar-refractivity contribution is -0.402. The first-order chi connectivity index (χ1) is 10.1. The van der Waals surface area contributed by atoms with Crippen molar-refractivity contribution < 1.29 is 14.3 Å². The number of furan rings is 1. The van der Waals surface area contributed by atoms with E-state index in [0.29, 0.717) is 5.56 Å². The summed E-state index contributed by atoms with van der Waals surface area (Å²) in [6.45, 7) is 0. The molecule has 0 aliphatic carbocycles. The highest BCUT2D eigenvalue weighted by atomic mass is 16.6. The molecule has 0 N–H and O–H groups in total. The minimum atomic E-state index is -0.673. The van der Waals surface area contributed by atoms with Crippen LogP contribution in [0.5, 0.6) is 0 Å². The molecule has 0 aliphatic heterocycles. The van der Waals surface area contributed by atoms with Gasteiger partial charge in [-0.3, -0.25) is 20.2 Å². The SMILES string of the molecule is O=[N+]([O-])c1ccc(/C=N/N=C/c2ccccc2[N+](=O)[O-])o1. The molecule has 9 heteroatoms. The van der Waals surface area contributed by atoms with Crippen LogP contribution in [0.1, 0.15) is 11.3 Å². The summed E-state index contributed by atoms with van der Waals surface area (Å²) in [6, 6.07) is 8.60. The molecule has 0 saturated heterocycles. The third kappa shape index (κ3) is 3.56. The molecule has 1 heterocycles. The summed E-state index contributed by atoms with van der Waals surface area (Å²) in [5.41, 5.74) is 0.204. The average molecular weight is 288 g/mol. The fourth-order valence-electron chi connectivity index (χ4n) is 1.46. The van der Waals surface area contributed by atoms with Crippen molar-refractivity contribution in [3.8, 4) is 0 Å². The Morgan fingerprint density at radius 3 is 2.33 bits per heavy atom. The number of hydrogen-bond donors (Lipinski definition) is 0. The Bertz CT molecular complexity index is 735. The quantitative estimate of drug-likeness (QED) is 0.475. The van der Waals surface area contributed by atoms with E-state index < -0.39 is 15.7 Å². The van der Waals surface area contributed by atoms with Crippen LogP contribution in [0.3, 0.4) is 0 Å². The van der Waals surface area contributed by atoms with Crippen molar-refractivity contribution in [2.24, 2.45) is 10.2 Å². The number of para-hydroxylation sites is 1. The van der Waals surface area contributed by atoms with Crippen LogP contribution < -0.4 is 0 Å². The molecule has 0 bridgehead atoms. The van der Waals surface area contributed by atoms with Crippen molar-refractivity contribution in [1.29, 1.82) is 0 Å². The van der Waals surface area contributed by atoms with Crippen LogP contribution in [0, 0.1) is 20.2 Å². The summed E-state index contributed by atoms with van der Waals surface area (Å²) in [5.74, 6) is -0.250. The number of nitro benzene ring substituents is 1. The van der Waals surface area contributed by atoms with Gasteiger partial charge < -0.3 is 4.42 Å². The number of hydrogen-bond acceptors (Lipinski definition) is 7. The number of benzene rings is 1. The second-order valence-electron chi connectivity index (χ2n) is 3.74. The van der Waals surface area contributed by atoms with E-state index in [4.69, 9.17) is 4.42 Å². The molecule has 21 heavy (non-hydrogen) atoms. The second-order valence-corrected chi connectivity index (χ2v) is 3.74. The van der Waals surface area contributed by atoms with Gasteiger partial charge in [0, 0.05) is 6.07 Å². The molecule has 9 nitrogen and oxygen atoms in total. The fraction of sp³-hybridized carbons (Fsp3) is 0. The maximum absolute atomic E-state index is 10.8. The summed E-state index contributed by atoms with van der Waals surface area (Å²) in [4.78, 5) is 20.0. The van der Waals surface area contributed by atoms with Gasteiger partial charge in [0.25, 0.3) is 5.69 Å². The predicted molar refractivity (Wildman–Crippen MR) is 73.6 cm³/mol. The van der Waals surface area contributed by atoms with E-state index in [1.165, 1.54) is 30.5 Å². The number of nitrogens with zero attached hydrogens (tertiary/aromatic N) is 4. The van der Waals surface area contributed by atoms with E-state index in [2.05, 4.69) is 10.2 Å². The molecule has 1 aromatic carbocycles. The smallest absolute Gasteiger partial charge is 0.400 e. The maximum Gasteiger partial charge on any atom is 0.433 e. The molecule has 2 rings (SSSR count). The van der Waals surface area contributed by atoms with Crippen LogP contribution in [0.15, 0.2) is 51.0 Å². The van der Waals surface area contributed by atoms with Crippen LogP contribution in [0.4, 0.5) is 11.6 Å². The summed E-state index contributed by atoms with van der Waals surface area (Å²) in [7, 11) is 0. The van der Waals surface area contributed by atoms with Crippen molar-refractivity contribution in [3.05, 3.63) is 68.0 Å². The van der Waals surface area contributed by atoms with Gasteiger partial charge in [-0.25, -0.2) is 0 Å². The van der Waals surface area contributed by atoms with E-state index in [0.717, 1.165) is 6.21 Å². The first kappa shape index (κ1) is 14.1. The lowest BCUT2D eigenvalue weighted by Gasteiger charge is -1.94. The van der Waals surface area contributed by atoms with Gasteiger partial charge in [-0.15, -0.1) is 0 Å². The highest BCUT2D eigenvalue weighted by Gasteiger charge is 2.11. The van der Waals surface area contributed by atoms with Crippen molar-refractivity contribution in [1.82, 2.24) is 0 Å². The van der Waals surface area contributed by atoms with E-state index in [1.807, 2.05) is 0 Å². The molecule has 0 aliphatic rings. The zero-order chi connectivity index (χ0) is 15.2. The number of nitro groups is 2. The van der Waals surface area contributed by atoms with Gasteiger partial charge in [0.05, 0.1) is 29.0 Å². The Morgan fingerprint density at radius 2 is 1.67 bits per heavy atom. The van der Waals surface area contributed by atoms with Gasteiger partial charge in [-0.05, 0) is 12.1 Å². The third-order valence-corrected chi connectivity index (χ3v) is 2.37. The van der Waals surface area contributed by atoms with Crippen molar-refractivity contribution in [2.75, 3.05) is 0 Å². The number of rotatable bonds is 5. The molecule has 0 unspecified atom stereocenters. The van der Waals surface area contributed by atoms with E-state index in [1.54, 1.807) is 12.1 Å². The first-order valence-electron chi connectivity index (χ1n) is 5.62. The molecular formula is C12H8N4O5. The van der Waals surface area contributed by atoms with Gasteiger partial charge in [-0.1, -0.05) is 12.1 Å². The zero-order valence-electron chi connectivity index (χ0n) is 10.4. The Hall–Kier alpha value is -3.36. The zero-order valence-corrected chi connectivity index (χ0v) is 10.4. The molecule has 106 valence electrons. The largest absolute Gasteiger partial charge is 0.433 e. The summed E-state index contributed by atoms with van der Waals surface area (Å²) >= 11 is 0. The van der Waals surface area contributed by atoms with Gasteiger partial charge in [0.15, 0.2) is 5.76 Å². The first-order valence-corrected chi connectivity index (χ1v) is 5.62. The van der Waals surface area contributed by atoms with Crippen LogP contribution in [-0.4, -0.2) is 22.3 Å². The molecule has 2 aromatic rings. The van der Waals surface area contributed by atoms with E-state index >= 15 is 0 Å². The van der Waals surface area contributed by atoms with Gasteiger partial charge in [0.2, 0.25) is 0 Å². The average Bonchev–Trinajstić information content (AvgIpc) is 2.93. The standard InChI is InChI=1S/C12H8N4O5/c17-15(18)11-4-2-1-3-9(11)7-13-14-8-10-5-6-12(21-10)16(19)20/h1-8H/b13-7+,14-8+. The Morgan fingerprint density at radius 1 is 0.952 bits per heavy atom. The molecule has 0 spiro atoms. The fourth-order valence-corrected chi connectivity index (χ4v) is 1.46. The highest BCUT2D eigenvalue weighted by Crippen LogP contribution is 2.15. The Kier molecular flexibility index (Phi) is 4.14. The Labute approximate surface area is 117 Å². The minimum absolute atomic E-state index is 0.0925. The van der Waals surface area contributed by atoms with Crippen molar-refractivity contribution in [3.63, 3.8) is 0 Å². The van der Waals surface area contributed by atoms with Crippen LogP contribution in [0.2, 0.25) is 0 Å².